The molecule has 2 aliphatic heterocycles. The van der Waals surface area contributed by atoms with Gasteiger partial charge in [0.15, 0.2) is 5.65 Å². The van der Waals surface area contributed by atoms with Crippen molar-refractivity contribution in [2.45, 2.75) is 50.2 Å². The van der Waals surface area contributed by atoms with Crippen LogP contribution in [-0.2, 0) is 0 Å². The molecule has 2 bridgehead atoms. The first-order chi connectivity index (χ1) is 10.2. The quantitative estimate of drug-likeness (QED) is 0.856. The molecule has 0 amide bonds. The maximum atomic E-state index is 11.6. The van der Waals surface area contributed by atoms with Crippen molar-refractivity contribution in [2.24, 2.45) is 0 Å². The van der Waals surface area contributed by atoms with Crippen molar-refractivity contribution >= 4 is 11.5 Å². The van der Waals surface area contributed by atoms with Crippen molar-refractivity contribution < 1.29 is 0 Å². The van der Waals surface area contributed by atoms with Crippen LogP contribution < -0.4 is 11.0 Å². The summed E-state index contributed by atoms with van der Waals surface area (Å²) in [6.07, 6.45) is 6.22. The van der Waals surface area contributed by atoms with E-state index in [0.717, 1.165) is 18.7 Å². The third kappa shape index (κ3) is 2.21. The number of nitrogens with one attached hydrogen (secondary N) is 2. The highest BCUT2D eigenvalue weighted by molar-refractivity contribution is 5.43. The van der Waals surface area contributed by atoms with Gasteiger partial charge in [-0.1, -0.05) is 6.42 Å². The monoisotopic (exact) mass is 288 g/mol. The Labute approximate surface area is 122 Å². The zero-order valence-corrected chi connectivity index (χ0v) is 12.1. The molecule has 0 aliphatic carbocycles. The lowest BCUT2D eigenvalue weighted by Crippen LogP contribution is -2.52. The lowest BCUT2D eigenvalue weighted by atomic mass is 9.82. The average Bonchev–Trinajstić information content (AvgIpc) is 2.82. The van der Waals surface area contributed by atoms with Crippen LogP contribution in [0.2, 0.25) is 0 Å². The van der Waals surface area contributed by atoms with Crippen LogP contribution in [0.1, 0.15) is 32.1 Å². The number of piperidine rings is 2. The number of H-pyrrole nitrogens is 1. The first-order valence-corrected chi connectivity index (χ1v) is 7.63. The van der Waals surface area contributed by atoms with Crippen LogP contribution in [-0.4, -0.2) is 49.9 Å². The topological polar surface area (TPSA) is 78.3 Å². The van der Waals surface area contributed by atoms with Crippen molar-refractivity contribution in [1.82, 2.24) is 24.7 Å². The van der Waals surface area contributed by atoms with Crippen molar-refractivity contribution in [3.8, 4) is 0 Å². The molecule has 7 heteroatoms. The molecule has 2 aliphatic rings. The Hall–Kier alpha value is -1.89. The molecule has 2 atom stereocenters. The molecule has 2 aromatic rings. The number of rotatable bonds is 2. The molecule has 0 spiro atoms. The fourth-order valence-electron chi connectivity index (χ4n) is 3.82. The SMILES string of the molecule is CN1C2CCCC1CC(Nc1ccc3n[nH]c(=O)n3n1)C2. The van der Waals surface area contributed by atoms with Gasteiger partial charge in [0.1, 0.15) is 5.82 Å². The standard InChI is InChI=1S/C14H20N6O/c1-19-10-3-2-4-11(19)8-9(7-10)15-12-5-6-13-16-17-14(21)20(13)18-12/h5-6,9-11H,2-4,7-8H2,1H3,(H,15,18)(H,17,21). The van der Waals surface area contributed by atoms with Gasteiger partial charge in [-0.15, -0.1) is 5.10 Å². The molecule has 0 saturated carbocycles. The molecule has 2 aromatic heterocycles. The van der Waals surface area contributed by atoms with E-state index in [4.69, 9.17) is 0 Å². The Morgan fingerprint density at radius 3 is 2.81 bits per heavy atom. The van der Waals surface area contributed by atoms with Crippen LogP contribution in [0, 0.1) is 0 Å². The van der Waals surface area contributed by atoms with E-state index in [9.17, 15) is 4.79 Å². The Morgan fingerprint density at radius 2 is 2.05 bits per heavy atom. The summed E-state index contributed by atoms with van der Waals surface area (Å²) < 4.78 is 1.30. The lowest BCUT2D eigenvalue weighted by Gasteiger charge is -2.47. The molecule has 2 fully saturated rings. The molecular weight excluding hydrogens is 268 g/mol. The second-order valence-electron chi connectivity index (χ2n) is 6.23. The first kappa shape index (κ1) is 12.8. The molecule has 4 rings (SSSR count). The minimum atomic E-state index is -0.297. The molecule has 2 N–H and O–H groups in total. The smallest absolute Gasteiger partial charge is 0.364 e. The average molecular weight is 288 g/mol. The van der Waals surface area contributed by atoms with Gasteiger partial charge in [0.25, 0.3) is 0 Å². The van der Waals surface area contributed by atoms with E-state index in [0.29, 0.717) is 23.8 Å². The van der Waals surface area contributed by atoms with Gasteiger partial charge in [-0.25, -0.2) is 9.89 Å². The largest absolute Gasteiger partial charge is 0.366 e. The molecule has 2 unspecified atom stereocenters. The number of nitrogens with zero attached hydrogens (tertiary/aromatic N) is 4. The molecule has 112 valence electrons. The zero-order chi connectivity index (χ0) is 14.4. The van der Waals surface area contributed by atoms with Crippen LogP contribution in [0.3, 0.4) is 0 Å². The number of fused-ring (bicyclic) bond motifs is 3. The van der Waals surface area contributed by atoms with Gasteiger partial charge < -0.3 is 10.2 Å². The molecule has 21 heavy (non-hydrogen) atoms. The third-order valence-electron chi connectivity index (χ3n) is 4.97. The number of aromatic nitrogens is 4. The Morgan fingerprint density at radius 1 is 1.29 bits per heavy atom. The summed E-state index contributed by atoms with van der Waals surface area (Å²) in [5.74, 6) is 0.749. The predicted molar refractivity (Wildman–Crippen MR) is 79.4 cm³/mol. The van der Waals surface area contributed by atoms with Gasteiger partial charge in [0, 0.05) is 18.1 Å². The van der Waals surface area contributed by atoms with Gasteiger partial charge in [-0.2, -0.15) is 9.61 Å². The molecular formula is C14H20N6O. The maximum absolute atomic E-state index is 11.6. The van der Waals surface area contributed by atoms with E-state index in [1.54, 1.807) is 0 Å². The highest BCUT2D eigenvalue weighted by Gasteiger charge is 2.35. The Bertz CT molecular complexity index is 693. The zero-order valence-electron chi connectivity index (χ0n) is 12.1. The third-order valence-corrected chi connectivity index (χ3v) is 4.97. The number of hydrogen-bond acceptors (Lipinski definition) is 5. The molecule has 4 heterocycles. The highest BCUT2D eigenvalue weighted by Crippen LogP contribution is 2.33. The van der Waals surface area contributed by atoms with Crippen LogP contribution >= 0.6 is 0 Å². The second kappa shape index (κ2) is 4.84. The van der Waals surface area contributed by atoms with Gasteiger partial charge >= 0.3 is 5.69 Å². The van der Waals surface area contributed by atoms with E-state index in [2.05, 4.69) is 32.6 Å². The fourth-order valence-corrected chi connectivity index (χ4v) is 3.82. The number of aromatic amines is 1. The van der Waals surface area contributed by atoms with Crippen LogP contribution in [0.5, 0.6) is 0 Å². The van der Waals surface area contributed by atoms with E-state index in [1.165, 1.54) is 23.8 Å². The van der Waals surface area contributed by atoms with E-state index >= 15 is 0 Å². The summed E-state index contributed by atoms with van der Waals surface area (Å²) in [5, 5.41) is 14.1. The number of hydrogen-bond donors (Lipinski definition) is 2. The lowest BCUT2D eigenvalue weighted by molar-refractivity contribution is 0.0607. The van der Waals surface area contributed by atoms with E-state index < -0.39 is 0 Å². The summed E-state index contributed by atoms with van der Waals surface area (Å²) in [6.45, 7) is 0. The molecule has 2 saturated heterocycles. The summed E-state index contributed by atoms with van der Waals surface area (Å²) in [4.78, 5) is 14.1. The highest BCUT2D eigenvalue weighted by atomic mass is 16.2. The first-order valence-electron chi connectivity index (χ1n) is 7.63. The van der Waals surface area contributed by atoms with Gasteiger partial charge in [-0.05, 0) is 44.9 Å². The minimum Gasteiger partial charge on any atom is -0.366 e. The van der Waals surface area contributed by atoms with Crippen LogP contribution in [0.4, 0.5) is 5.82 Å². The second-order valence-corrected chi connectivity index (χ2v) is 6.23. The van der Waals surface area contributed by atoms with Crippen molar-refractivity contribution in [2.75, 3.05) is 12.4 Å². The summed E-state index contributed by atoms with van der Waals surface area (Å²) in [7, 11) is 2.25. The Kier molecular flexibility index (Phi) is 2.95. The summed E-state index contributed by atoms with van der Waals surface area (Å²) in [6, 6.07) is 5.49. The van der Waals surface area contributed by atoms with Gasteiger partial charge in [0.2, 0.25) is 0 Å². The maximum Gasteiger partial charge on any atom is 0.364 e. The van der Waals surface area contributed by atoms with Crippen molar-refractivity contribution in [3.63, 3.8) is 0 Å². The minimum absolute atomic E-state index is 0.297. The molecule has 0 radical (unpaired) electrons. The van der Waals surface area contributed by atoms with Crippen molar-refractivity contribution in [3.05, 3.63) is 22.6 Å². The van der Waals surface area contributed by atoms with Crippen molar-refractivity contribution in [1.29, 1.82) is 0 Å². The van der Waals surface area contributed by atoms with Gasteiger partial charge in [-0.3, -0.25) is 0 Å². The van der Waals surface area contributed by atoms with E-state index in [-0.39, 0.29) is 5.69 Å². The number of anilines is 1. The van der Waals surface area contributed by atoms with Crippen LogP contribution in [0.25, 0.3) is 5.65 Å². The summed E-state index contributed by atoms with van der Waals surface area (Å²) >= 11 is 0. The fraction of sp³-hybridized carbons (Fsp3) is 0.643. The van der Waals surface area contributed by atoms with E-state index in [1.807, 2.05) is 12.1 Å². The Balaban J connectivity index is 1.54. The predicted octanol–water partition coefficient (Wildman–Crippen LogP) is 0.845. The normalized spacial score (nSPS) is 29.7. The summed E-state index contributed by atoms with van der Waals surface area (Å²) in [5.41, 5.74) is 0.250. The molecule has 0 aromatic carbocycles. The van der Waals surface area contributed by atoms with Crippen LogP contribution in [0.15, 0.2) is 16.9 Å². The van der Waals surface area contributed by atoms with Gasteiger partial charge in [0.05, 0.1) is 0 Å². The molecule has 7 nitrogen and oxygen atoms in total.